The van der Waals surface area contributed by atoms with E-state index in [-0.39, 0.29) is 25.2 Å². The number of rotatable bonds is 47. The van der Waals surface area contributed by atoms with Gasteiger partial charge in [0.15, 0.2) is 6.10 Å². The largest absolute Gasteiger partial charge is 0.462 e. The van der Waals surface area contributed by atoms with Crippen LogP contribution in [0.25, 0.3) is 0 Å². The fraction of sp³-hybridized carbons (Fsp3) is 0.962. The molecule has 5 heteroatoms. The maximum Gasteiger partial charge on any atom is 0.306 e. The van der Waals surface area contributed by atoms with E-state index in [1.807, 2.05) is 0 Å². The van der Waals surface area contributed by atoms with Gasteiger partial charge in [0, 0.05) is 12.8 Å². The zero-order chi connectivity index (χ0) is 41.7. The van der Waals surface area contributed by atoms with Crippen LogP contribution in [0.15, 0.2) is 0 Å². The van der Waals surface area contributed by atoms with E-state index in [0.29, 0.717) is 12.8 Å². The zero-order valence-corrected chi connectivity index (χ0v) is 39.2. The van der Waals surface area contributed by atoms with E-state index in [1.54, 1.807) is 0 Å². The Morgan fingerprint density at radius 3 is 0.982 bits per heavy atom. The molecular formula is C52H102O5. The summed E-state index contributed by atoms with van der Waals surface area (Å²) in [5, 5.41) is 9.63. The van der Waals surface area contributed by atoms with Crippen molar-refractivity contribution in [3.63, 3.8) is 0 Å². The van der Waals surface area contributed by atoms with Crippen LogP contribution in [0.5, 0.6) is 0 Å². The molecule has 57 heavy (non-hydrogen) atoms. The molecule has 0 aromatic heterocycles. The molecule has 0 aromatic carbocycles. The van der Waals surface area contributed by atoms with Crippen molar-refractivity contribution in [2.24, 2.45) is 11.8 Å². The molecule has 0 bridgehead atoms. The highest BCUT2D eigenvalue weighted by Crippen LogP contribution is 2.18. The third kappa shape index (κ3) is 45.8. The van der Waals surface area contributed by atoms with Crippen LogP contribution in [0.2, 0.25) is 0 Å². The number of aliphatic hydroxyl groups is 1. The van der Waals surface area contributed by atoms with Crippen LogP contribution in [0.1, 0.15) is 291 Å². The molecule has 0 rings (SSSR count). The van der Waals surface area contributed by atoms with Crippen LogP contribution < -0.4 is 0 Å². The molecule has 0 aliphatic rings. The molecule has 340 valence electrons. The van der Waals surface area contributed by atoms with Crippen LogP contribution in [-0.4, -0.2) is 36.4 Å². The molecule has 0 fully saturated rings. The summed E-state index contributed by atoms with van der Waals surface area (Å²) in [4.78, 5) is 24.5. The number of esters is 2. The first-order chi connectivity index (χ1) is 27.9. The second kappa shape index (κ2) is 46.0. The highest BCUT2D eigenvalue weighted by molar-refractivity contribution is 5.70. The minimum atomic E-state index is -0.764. The Morgan fingerprint density at radius 2 is 0.684 bits per heavy atom. The smallest absolute Gasteiger partial charge is 0.306 e. The molecule has 0 aliphatic carbocycles. The second-order valence-corrected chi connectivity index (χ2v) is 18.7. The molecular weight excluding hydrogens is 705 g/mol. The van der Waals surface area contributed by atoms with Crippen molar-refractivity contribution in [1.29, 1.82) is 0 Å². The second-order valence-electron chi connectivity index (χ2n) is 18.7. The molecule has 0 spiro atoms. The van der Waals surface area contributed by atoms with E-state index in [0.717, 1.165) is 43.9 Å². The van der Waals surface area contributed by atoms with Gasteiger partial charge in [-0.1, -0.05) is 265 Å². The first-order valence-electron chi connectivity index (χ1n) is 25.8. The number of carbonyl (C=O) groups excluding carboxylic acids is 2. The van der Waals surface area contributed by atoms with Crippen molar-refractivity contribution in [3.8, 4) is 0 Å². The highest BCUT2D eigenvalue weighted by atomic mass is 16.6. The van der Waals surface area contributed by atoms with E-state index in [9.17, 15) is 14.7 Å². The lowest BCUT2D eigenvalue weighted by Crippen LogP contribution is -2.28. The Labute approximate surface area is 357 Å². The Kier molecular flexibility index (Phi) is 45.1. The molecule has 0 amide bonds. The van der Waals surface area contributed by atoms with E-state index in [1.165, 1.54) is 218 Å². The Balaban J connectivity index is 3.43. The van der Waals surface area contributed by atoms with E-state index >= 15 is 0 Å². The van der Waals surface area contributed by atoms with Crippen LogP contribution in [-0.2, 0) is 19.1 Å². The molecule has 2 atom stereocenters. The van der Waals surface area contributed by atoms with Gasteiger partial charge in [-0.3, -0.25) is 9.59 Å². The minimum Gasteiger partial charge on any atom is -0.462 e. The number of ether oxygens (including phenoxy) is 2. The maximum absolute atomic E-state index is 12.3. The van der Waals surface area contributed by atoms with Gasteiger partial charge in [0.25, 0.3) is 0 Å². The summed E-state index contributed by atoms with van der Waals surface area (Å²) in [5.74, 6) is 1.21. The topological polar surface area (TPSA) is 72.8 Å². The number of hydrogen-bond donors (Lipinski definition) is 1. The van der Waals surface area contributed by atoms with Gasteiger partial charge < -0.3 is 14.6 Å². The van der Waals surface area contributed by atoms with E-state index < -0.39 is 6.10 Å². The van der Waals surface area contributed by atoms with Gasteiger partial charge in [0.05, 0.1) is 6.61 Å². The van der Waals surface area contributed by atoms with Gasteiger partial charge in [-0.2, -0.15) is 0 Å². The molecule has 1 N–H and O–H groups in total. The first kappa shape index (κ1) is 55.9. The molecule has 0 saturated carbocycles. The number of carbonyl (C=O) groups is 2. The lowest BCUT2D eigenvalue weighted by atomic mass is 9.99. The summed E-state index contributed by atoms with van der Waals surface area (Å²) >= 11 is 0. The molecule has 0 aliphatic heterocycles. The summed E-state index contributed by atoms with van der Waals surface area (Å²) in [7, 11) is 0. The standard InChI is InChI=1S/C52H102O5/c1-5-49(4)43-39-35-31-27-23-19-15-11-7-9-12-16-20-24-28-32-36-40-44-51(54)56-47-50(46-53)57-52(55)45-41-37-33-29-25-21-17-13-8-6-10-14-18-22-26-30-34-38-42-48(2)3/h48-50,53H,5-47H2,1-4H3/t49?,50-/m0/s1. The lowest BCUT2D eigenvalue weighted by Gasteiger charge is -2.15. The Bertz CT molecular complexity index is 812. The predicted molar refractivity (Wildman–Crippen MR) is 247 cm³/mol. The Morgan fingerprint density at radius 1 is 0.404 bits per heavy atom. The van der Waals surface area contributed by atoms with Crippen molar-refractivity contribution < 1.29 is 24.2 Å². The third-order valence-corrected chi connectivity index (χ3v) is 12.4. The summed E-state index contributed by atoms with van der Waals surface area (Å²) < 4.78 is 10.7. The summed E-state index contributed by atoms with van der Waals surface area (Å²) in [6.07, 6.45) is 51.9. The van der Waals surface area contributed by atoms with Crippen LogP contribution >= 0.6 is 0 Å². The average Bonchev–Trinajstić information content (AvgIpc) is 3.20. The first-order valence-corrected chi connectivity index (χ1v) is 25.8. The normalized spacial score (nSPS) is 12.7. The fourth-order valence-electron chi connectivity index (χ4n) is 8.07. The fourth-order valence-corrected chi connectivity index (χ4v) is 8.07. The molecule has 0 saturated heterocycles. The van der Waals surface area contributed by atoms with Crippen molar-refractivity contribution >= 4 is 11.9 Å². The van der Waals surface area contributed by atoms with Crippen molar-refractivity contribution in [3.05, 3.63) is 0 Å². The van der Waals surface area contributed by atoms with Crippen LogP contribution in [0.4, 0.5) is 0 Å². The van der Waals surface area contributed by atoms with Gasteiger partial charge in [-0.25, -0.2) is 0 Å². The molecule has 5 nitrogen and oxygen atoms in total. The van der Waals surface area contributed by atoms with Crippen molar-refractivity contribution in [1.82, 2.24) is 0 Å². The Hall–Kier alpha value is -1.10. The maximum atomic E-state index is 12.3. The van der Waals surface area contributed by atoms with Crippen LogP contribution in [0, 0.1) is 11.8 Å². The number of aliphatic hydroxyl groups excluding tert-OH is 1. The van der Waals surface area contributed by atoms with Crippen molar-refractivity contribution in [2.45, 2.75) is 297 Å². The van der Waals surface area contributed by atoms with Gasteiger partial charge in [0.1, 0.15) is 6.61 Å². The SMILES string of the molecule is CCC(C)CCCCCCCCCCCCCCCCCCCCC(=O)OC[C@H](CO)OC(=O)CCCCCCCCCCCCCCCCCCCCC(C)C. The molecule has 0 aromatic rings. The number of hydrogen-bond acceptors (Lipinski definition) is 5. The van der Waals surface area contributed by atoms with E-state index in [4.69, 9.17) is 9.47 Å². The third-order valence-electron chi connectivity index (χ3n) is 12.4. The van der Waals surface area contributed by atoms with Crippen molar-refractivity contribution in [2.75, 3.05) is 13.2 Å². The average molecular weight is 807 g/mol. The monoisotopic (exact) mass is 807 g/mol. The minimum absolute atomic E-state index is 0.0570. The summed E-state index contributed by atoms with van der Waals surface area (Å²) in [6.45, 7) is 8.97. The van der Waals surface area contributed by atoms with E-state index in [2.05, 4.69) is 27.7 Å². The van der Waals surface area contributed by atoms with Gasteiger partial charge in [-0.15, -0.1) is 0 Å². The highest BCUT2D eigenvalue weighted by Gasteiger charge is 2.16. The molecule has 0 radical (unpaired) electrons. The van der Waals surface area contributed by atoms with Gasteiger partial charge in [0.2, 0.25) is 0 Å². The molecule has 0 heterocycles. The number of unbranched alkanes of at least 4 members (excludes halogenated alkanes) is 34. The molecule has 1 unspecified atom stereocenters. The lowest BCUT2D eigenvalue weighted by molar-refractivity contribution is -0.161. The summed E-state index contributed by atoms with van der Waals surface area (Å²) in [5.41, 5.74) is 0. The van der Waals surface area contributed by atoms with Gasteiger partial charge in [-0.05, 0) is 24.7 Å². The van der Waals surface area contributed by atoms with Crippen LogP contribution in [0.3, 0.4) is 0 Å². The summed E-state index contributed by atoms with van der Waals surface area (Å²) in [6, 6.07) is 0. The zero-order valence-electron chi connectivity index (χ0n) is 39.2. The quantitative estimate of drug-likeness (QED) is 0.0490. The van der Waals surface area contributed by atoms with Gasteiger partial charge >= 0.3 is 11.9 Å². The predicted octanol–water partition coefficient (Wildman–Crippen LogP) is 16.7.